The molecular formula is C15H29NO. The maximum atomic E-state index is 11.8. The number of carbonyl (C=O) groups excluding carboxylic acids is 1. The van der Waals surface area contributed by atoms with Crippen molar-refractivity contribution in [1.82, 2.24) is 5.32 Å². The van der Waals surface area contributed by atoms with Gasteiger partial charge in [-0.2, -0.15) is 0 Å². The Balaban J connectivity index is 3.71. The zero-order chi connectivity index (χ0) is 13.1. The van der Waals surface area contributed by atoms with Crippen LogP contribution in [0.1, 0.15) is 72.1 Å². The van der Waals surface area contributed by atoms with Gasteiger partial charge in [-0.05, 0) is 25.7 Å². The van der Waals surface area contributed by atoms with E-state index in [0.717, 1.165) is 31.3 Å². The lowest BCUT2D eigenvalue weighted by Gasteiger charge is -2.15. The fourth-order valence-corrected chi connectivity index (χ4v) is 1.84. The largest absolute Gasteiger partial charge is 0.350 e. The first-order valence-corrected chi connectivity index (χ1v) is 7.14. The Morgan fingerprint density at radius 3 is 2.18 bits per heavy atom. The van der Waals surface area contributed by atoms with Crippen LogP contribution in [-0.2, 0) is 4.79 Å². The second-order valence-corrected chi connectivity index (χ2v) is 4.75. The molecule has 0 atom stereocenters. The molecule has 0 rings (SSSR count). The van der Waals surface area contributed by atoms with Crippen LogP contribution in [0.5, 0.6) is 0 Å². The highest BCUT2D eigenvalue weighted by Crippen LogP contribution is 2.10. The molecule has 0 radical (unpaired) electrons. The molecule has 100 valence electrons. The first kappa shape index (κ1) is 16.2. The van der Waals surface area contributed by atoms with Crippen molar-refractivity contribution >= 4 is 5.91 Å². The number of hydrogen-bond acceptors (Lipinski definition) is 1. The molecule has 0 unspecified atom stereocenters. The molecule has 0 aliphatic rings. The van der Waals surface area contributed by atoms with Gasteiger partial charge in [0.2, 0.25) is 5.91 Å². The highest BCUT2D eigenvalue weighted by atomic mass is 16.1. The van der Waals surface area contributed by atoms with E-state index in [0.29, 0.717) is 6.04 Å². The van der Waals surface area contributed by atoms with Crippen molar-refractivity contribution in [2.45, 2.75) is 78.2 Å². The SMILES string of the molecule is C=C(CCCCCCC)C(=O)NC(CC)CC. The molecule has 0 saturated heterocycles. The van der Waals surface area contributed by atoms with Gasteiger partial charge in [-0.1, -0.05) is 53.0 Å². The zero-order valence-electron chi connectivity index (χ0n) is 11.8. The molecule has 0 aliphatic carbocycles. The molecule has 0 saturated carbocycles. The summed E-state index contributed by atoms with van der Waals surface area (Å²) in [5.74, 6) is 0.0502. The van der Waals surface area contributed by atoms with Gasteiger partial charge in [0, 0.05) is 11.6 Å². The van der Waals surface area contributed by atoms with Crippen LogP contribution in [0.15, 0.2) is 12.2 Å². The van der Waals surface area contributed by atoms with Crippen LogP contribution in [0.4, 0.5) is 0 Å². The predicted molar refractivity (Wildman–Crippen MR) is 75.0 cm³/mol. The van der Waals surface area contributed by atoms with Gasteiger partial charge in [0.05, 0.1) is 0 Å². The highest BCUT2D eigenvalue weighted by Gasteiger charge is 2.10. The summed E-state index contributed by atoms with van der Waals surface area (Å²) in [6.07, 6.45) is 8.97. The fourth-order valence-electron chi connectivity index (χ4n) is 1.84. The van der Waals surface area contributed by atoms with E-state index in [2.05, 4.69) is 32.7 Å². The number of carbonyl (C=O) groups is 1. The van der Waals surface area contributed by atoms with Crippen molar-refractivity contribution in [1.29, 1.82) is 0 Å². The lowest BCUT2D eigenvalue weighted by Crippen LogP contribution is -2.34. The van der Waals surface area contributed by atoms with Crippen molar-refractivity contribution in [3.8, 4) is 0 Å². The van der Waals surface area contributed by atoms with E-state index < -0.39 is 0 Å². The predicted octanol–water partition coefficient (Wildman–Crippen LogP) is 4.21. The summed E-state index contributed by atoms with van der Waals surface area (Å²) in [6.45, 7) is 10.3. The summed E-state index contributed by atoms with van der Waals surface area (Å²) >= 11 is 0. The van der Waals surface area contributed by atoms with Crippen molar-refractivity contribution in [2.75, 3.05) is 0 Å². The molecule has 2 heteroatoms. The lowest BCUT2D eigenvalue weighted by molar-refractivity contribution is -0.118. The van der Waals surface area contributed by atoms with Gasteiger partial charge in [0.25, 0.3) is 0 Å². The topological polar surface area (TPSA) is 29.1 Å². The summed E-state index contributed by atoms with van der Waals surface area (Å²) in [6, 6.07) is 0.305. The Hall–Kier alpha value is -0.790. The Bertz CT molecular complexity index is 219. The van der Waals surface area contributed by atoms with E-state index in [1.807, 2.05) is 0 Å². The van der Waals surface area contributed by atoms with Crippen LogP contribution in [-0.4, -0.2) is 11.9 Å². The minimum Gasteiger partial charge on any atom is -0.350 e. The van der Waals surface area contributed by atoms with Gasteiger partial charge < -0.3 is 5.32 Å². The molecule has 0 aromatic rings. The second-order valence-electron chi connectivity index (χ2n) is 4.75. The number of amides is 1. The summed E-state index contributed by atoms with van der Waals surface area (Å²) < 4.78 is 0. The summed E-state index contributed by atoms with van der Waals surface area (Å²) in [5.41, 5.74) is 0.744. The molecular weight excluding hydrogens is 210 g/mol. The molecule has 0 aromatic carbocycles. The zero-order valence-corrected chi connectivity index (χ0v) is 11.8. The van der Waals surface area contributed by atoms with Gasteiger partial charge in [0.15, 0.2) is 0 Å². The minimum atomic E-state index is 0.0502. The maximum Gasteiger partial charge on any atom is 0.246 e. The number of hydrogen-bond donors (Lipinski definition) is 1. The third-order valence-corrected chi connectivity index (χ3v) is 3.22. The molecule has 0 aromatic heterocycles. The summed E-state index contributed by atoms with van der Waals surface area (Å²) in [5, 5.41) is 3.03. The normalized spacial score (nSPS) is 10.6. The van der Waals surface area contributed by atoms with Gasteiger partial charge in [-0.25, -0.2) is 0 Å². The molecule has 17 heavy (non-hydrogen) atoms. The fraction of sp³-hybridized carbons (Fsp3) is 0.800. The van der Waals surface area contributed by atoms with Gasteiger partial charge in [-0.3, -0.25) is 4.79 Å². The Morgan fingerprint density at radius 1 is 1.06 bits per heavy atom. The third-order valence-electron chi connectivity index (χ3n) is 3.22. The van der Waals surface area contributed by atoms with Crippen molar-refractivity contribution in [2.24, 2.45) is 0 Å². The van der Waals surface area contributed by atoms with E-state index in [1.165, 1.54) is 25.7 Å². The van der Waals surface area contributed by atoms with Crippen molar-refractivity contribution in [3.63, 3.8) is 0 Å². The van der Waals surface area contributed by atoms with E-state index in [4.69, 9.17) is 0 Å². The smallest absolute Gasteiger partial charge is 0.246 e. The average molecular weight is 239 g/mol. The minimum absolute atomic E-state index is 0.0502. The molecule has 0 bridgehead atoms. The number of unbranched alkanes of at least 4 members (excludes halogenated alkanes) is 4. The molecule has 1 amide bonds. The van der Waals surface area contributed by atoms with Crippen molar-refractivity contribution in [3.05, 3.63) is 12.2 Å². The Morgan fingerprint density at radius 2 is 1.65 bits per heavy atom. The molecule has 0 spiro atoms. The number of nitrogens with one attached hydrogen (secondary N) is 1. The lowest BCUT2D eigenvalue weighted by atomic mass is 10.1. The van der Waals surface area contributed by atoms with Crippen LogP contribution in [0, 0.1) is 0 Å². The summed E-state index contributed by atoms with van der Waals surface area (Å²) in [4.78, 5) is 11.8. The van der Waals surface area contributed by atoms with E-state index >= 15 is 0 Å². The van der Waals surface area contributed by atoms with E-state index in [1.54, 1.807) is 0 Å². The molecule has 0 aliphatic heterocycles. The third kappa shape index (κ3) is 8.00. The number of rotatable bonds is 10. The quantitative estimate of drug-likeness (QED) is 0.449. The second kappa shape index (κ2) is 10.4. The van der Waals surface area contributed by atoms with Crippen LogP contribution < -0.4 is 5.32 Å². The maximum absolute atomic E-state index is 11.8. The molecule has 0 heterocycles. The summed E-state index contributed by atoms with van der Waals surface area (Å²) in [7, 11) is 0. The molecule has 2 nitrogen and oxygen atoms in total. The van der Waals surface area contributed by atoms with Gasteiger partial charge in [-0.15, -0.1) is 0 Å². The van der Waals surface area contributed by atoms with E-state index in [9.17, 15) is 4.79 Å². The molecule has 1 N–H and O–H groups in total. The van der Waals surface area contributed by atoms with E-state index in [-0.39, 0.29) is 5.91 Å². The Kier molecular flexibility index (Phi) is 9.89. The van der Waals surface area contributed by atoms with Crippen LogP contribution >= 0.6 is 0 Å². The van der Waals surface area contributed by atoms with Gasteiger partial charge in [0.1, 0.15) is 0 Å². The average Bonchev–Trinajstić information content (AvgIpc) is 2.35. The Labute approximate surface area is 107 Å². The highest BCUT2D eigenvalue weighted by molar-refractivity contribution is 5.92. The van der Waals surface area contributed by atoms with Crippen LogP contribution in [0.25, 0.3) is 0 Å². The first-order chi connectivity index (χ1) is 8.15. The first-order valence-electron chi connectivity index (χ1n) is 7.14. The van der Waals surface area contributed by atoms with Crippen LogP contribution in [0.2, 0.25) is 0 Å². The molecule has 0 fully saturated rings. The van der Waals surface area contributed by atoms with Crippen LogP contribution in [0.3, 0.4) is 0 Å². The standard InChI is InChI=1S/C15H29NO/c1-5-8-9-10-11-12-13(4)15(17)16-14(6-2)7-3/h14H,4-12H2,1-3H3,(H,16,17). The monoisotopic (exact) mass is 239 g/mol. The van der Waals surface area contributed by atoms with Crippen molar-refractivity contribution < 1.29 is 4.79 Å². The van der Waals surface area contributed by atoms with Gasteiger partial charge >= 0.3 is 0 Å².